The number of ether oxygens (including phenoxy) is 2. The number of amides is 1. The molecule has 2 heterocycles. The molecule has 0 aliphatic carbocycles. The van der Waals surface area contributed by atoms with Crippen molar-refractivity contribution in [3.63, 3.8) is 0 Å². The molecule has 4 rings (SSSR count). The van der Waals surface area contributed by atoms with Gasteiger partial charge in [-0.1, -0.05) is 12.1 Å². The van der Waals surface area contributed by atoms with Crippen molar-refractivity contribution in [3.05, 3.63) is 65.2 Å². The minimum absolute atomic E-state index is 0.00694. The van der Waals surface area contributed by atoms with Crippen molar-refractivity contribution in [2.24, 2.45) is 0 Å². The van der Waals surface area contributed by atoms with E-state index < -0.39 is 0 Å². The summed E-state index contributed by atoms with van der Waals surface area (Å²) in [5.74, 6) is 1.54. The monoisotopic (exact) mass is 456 g/mol. The number of nitrogens with zero attached hydrogens (tertiary/aromatic N) is 4. The molecule has 1 unspecified atom stereocenters. The minimum atomic E-state index is -0.255. The molecule has 0 radical (unpaired) electrons. The van der Waals surface area contributed by atoms with Crippen molar-refractivity contribution in [1.29, 1.82) is 0 Å². The summed E-state index contributed by atoms with van der Waals surface area (Å²) in [6, 6.07) is 11.6. The number of halogens is 1. The molecule has 9 heteroatoms. The van der Waals surface area contributed by atoms with Gasteiger partial charge in [0.05, 0.1) is 19.8 Å². The molecule has 1 aliphatic heterocycles. The fraction of sp³-hybridized carbons (Fsp3) is 0.348. The average Bonchev–Trinajstić information content (AvgIpc) is 3.28. The predicted octanol–water partition coefficient (Wildman–Crippen LogP) is 3.64. The zero-order chi connectivity index (χ0) is 22.7. The number of hydrogen-bond acceptors (Lipinski definition) is 7. The molecule has 2 aromatic carbocycles. The van der Waals surface area contributed by atoms with Crippen LogP contribution in [0, 0.1) is 5.82 Å². The molecule has 168 valence electrons. The summed E-state index contributed by atoms with van der Waals surface area (Å²) in [4.78, 5) is 21.9. The van der Waals surface area contributed by atoms with Gasteiger partial charge in [0, 0.05) is 49.7 Å². The highest BCUT2D eigenvalue weighted by Gasteiger charge is 2.31. The number of aromatic nitrogens is 2. The second-order valence-corrected chi connectivity index (χ2v) is 8.39. The third kappa shape index (κ3) is 4.67. The zero-order valence-electron chi connectivity index (χ0n) is 18.2. The zero-order valence-corrected chi connectivity index (χ0v) is 19.1. The van der Waals surface area contributed by atoms with Crippen molar-refractivity contribution in [2.45, 2.75) is 19.4 Å². The number of methoxy groups -OCH3 is 2. The largest absolute Gasteiger partial charge is 0.497 e. The lowest BCUT2D eigenvalue weighted by Crippen LogP contribution is -2.54. The van der Waals surface area contributed by atoms with Crippen LogP contribution in [-0.4, -0.2) is 60.1 Å². The summed E-state index contributed by atoms with van der Waals surface area (Å²) in [5, 5.41) is 0.836. The van der Waals surface area contributed by atoms with E-state index in [9.17, 15) is 9.18 Å². The van der Waals surface area contributed by atoms with E-state index in [2.05, 4.69) is 14.3 Å². The van der Waals surface area contributed by atoms with Crippen LogP contribution in [0.1, 0.15) is 28.7 Å². The van der Waals surface area contributed by atoms with Crippen LogP contribution in [0.4, 0.5) is 9.52 Å². The van der Waals surface area contributed by atoms with Crippen molar-refractivity contribution < 1.29 is 18.7 Å². The molecular formula is C23H25FN4O3S. The first-order valence-corrected chi connectivity index (χ1v) is 11.1. The van der Waals surface area contributed by atoms with Gasteiger partial charge in [-0.05, 0) is 36.8 Å². The number of carbonyl (C=O) groups excluding carboxylic acids is 1. The molecule has 1 fully saturated rings. The summed E-state index contributed by atoms with van der Waals surface area (Å²) in [6.07, 6.45) is 0.558. The second kappa shape index (κ2) is 9.52. The maximum absolute atomic E-state index is 13.2. The molecule has 0 spiro atoms. The number of rotatable bonds is 6. The molecule has 1 saturated heterocycles. The molecular weight excluding hydrogens is 431 g/mol. The first-order chi connectivity index (χ1) is 15.5. The predicted molar refractivity (Wildman–Crippen MR) is 121 cm³/mol. The normalized spacial score (nSPS) is 16.2. The van der Waals surface area contributed by atoms with E-state index in [0.29, 0.717) is 48.9 Å². The lowest BCUT2D eigenvalue weighted by atomic mass is 10.1. The Morgan fingerprint density at radius 1 is 1.16 bits per heavy atom. The molecule has 1 amide bonds. The highest BCUT2D eigenvalue weighted by Crippen LogP contribution is 2.28. The van der Waals surface area contributed by atoms with Gasteiger partial charge < -0.3 is 19.3 Å². The van der Waals surface area contributed by atoms with E-state index in [0.717, 1.165) is 10.7 Å². The van der Waals surface area contributed by atoms with Crippen LogP contribution in [0.25, 0.3) is 0 Å². The van der Waals surface area contributed by atoms with Crippen LogP contribution in [0.5, 0.6) is 11.5 Å². The second-order valence-electron chi connectivity index (χ2n) is 7.66. The van der Waals surface area contributed by atoms with Gasteiger partial charge in [-0.3, -0.25) is 4.79 Å². The molecule has 1 aromatic heterocycles. The quantitative estimate of drug-likeness (QED) is 0.564. The summed E-state index contributed by atoms with van der Waals surface area (Å²) in [7, 11) is 3.13. The van der Waals surface area contributed by atoms with Gasteiger partial charge in [-0.15, -0.1) is 0 Å². The maximum Gasteiger partial charge on any atom is 0.257 e. The topological polar surface area (TPSA) is 67.8 Å². The number of hydrogen-bond donors (Lipinski definition) is 0. The van der Waals surface area contributed by atoms with Gasteiger partial charge in [0.25, 0.3) is 5.91 Å². The molecule has 0 bridgehead atoms. The summed E-state index contributed by atoms with van der Waals surface area (Å²) < 4.78 is 28.2. The summed E-state index contributed by atoms with van der Waals surface area (Å²) >= 11 is 1.35. The Morgan fingerprint density at radius 2 is 1.94 bits per heavy atom. The SMILES string of the molecule is COc1ccc(C(=O)N2CCN(c3nc(Cc4ccc(F)cc4)ns3)CC2C)c(OC)c1. The molecule has 1 aliphatic rings. The molecule has 7 nitrogen and oxygen atoms in total. The van der Waals surface area contributed by atoms with E-state index in [1.54, 1.807) is 44.6 Å². The molecule has 0 N–H and O–H groups in total. The fourth-order valence-electron chi connectivity index (χ4n) is 3.79. The third-order valence-electron chi connectivity index (χ3n) is 5.53. The smallest absolute Gasteiger partial charge is 0.257 e. The Balaban J connectivity index is 1.42. The van der Waals surface area contributed by atoms with E-state index >= 15 is 0 Å². The van der Waals surface area contributed by atoms with Crippen molar-refractivity contribution in [2.75, 3.05) is 38.8 Å². The van der Waals surface area contributed by atoms with Gasteiger partial charge in [0.1, 0.15) is 23.1 Å². The summed E-state index contributed by atoms with van der Waals surface area (Å²) in [6.45, 7) is 3.93. The van der Waals surface area contributed by atoms with Gasteiger partial charge in [-0.25, -0.2) is 9.37 Å². The third-order valence-corrected chi connectivity index (χ3v) is 6.35. The first kappa shape index (κ1) is 22.0. The highest BCUT2D eigenvalue weighted by molar-refractivity contribution is 7.09. The Bertz CT molecular complexity index is 1090. The molecule has 3 aromatic rings. The molecule has 1 atom stereocenters. The number of carbonyl (C=O) groups is 1. The van der Waals surface area contributed by atoms with Crippen LogP contribution in [0.2, 0.25) is 0 Å². The lowest BCUT2D eigenvalue weighted by Gasteiger charge is -2.39. The standard InChI is InChI=1S/C23H25FN4O3S/c1-15-14-27(23-25-21(26-32-23)12-16-4-6-17(24)7-5-16)10-11-28(15)22(29)19-9-8-18(30-2)13-20(19)31-3/h4-9,13,15H,10-12,14H2,1-3H3. The van der Waals surface area contributed by atoms with Crippen LogP contribution in [-0.2, 0) is 6.42 Å². The Hall–Kier alpha value is -3.20. The van der Waals surface area contributed by atoms with Gasteiger partial charge in [0.15, 0.2) is 0 Å². The molecule has 0 saturated carbocycles. The van der Waals surface area contributed by atoms with Gasteiger partial charge in [-0.2, -0.15) is 4.37 Å². The van der Waals surface area contributed by atoms with E-state index in [4.69, 9.17) is 9.47 Å². The van der Waals surface area contributed by atoms with Gasteiger partial charge in [0.2, 0.25) is 5.13 Å². The van der Waals surface area contributed by atoms with E-state index in [-0.39, 0.29) is 17.8 Å². The highest BCUT2D eigenvalue weighted by atomic mass is 32.1. The minimum Gasteiger partial charge on any atom is -0.497 e. The Morgan fingerprint density at radius 3 is 2.62 bits per heavy atom. The van der Waals surface area contributed by atoms with Crippen molar-refractivity contribution >= 4 is 22.6 Å². The Kier molecular flexibility index (Phi) is 6.55. The number of benzene rings is 2. The van der Waals surface area contributed by atoms with Crippen LogP contribution in [0.15, 0.2) is 42.5 Å². The number of anilines is 1. The van der Waals surface area contributed by atoms with Crippen molar-refractivity contribution in [1.82, 2.24) is 14.3 Å². The average molecular weight is 457 g/mol. The maximum atomic E-state index is 13.2. The van der Waals surface area contributed by atoms with Crippen LogP contribution in [0.3, 0.4) is 0 Å². The van der Waals surface area contributed by atoms with Crippen LogP contribution >= 0.6 is 11.5 Å². The summed E-state index contributed by atoms with van der Waals surface area (Å²) in [5.41, 5.74) is 1.49. The van der Waals surface area contributed by atoms with Crippen LogP contribution < -0.4 is 14.4 Å². The number of piperazine rings is 1. The fourth-order valence-corrected chi connectivity index (χ4v) is 4.51. The van der Waals surface area contributed by atoms with E-state index in [1.165, 1.54) is 23.7 Å². The van der Waals surface area contributed by atoms with Gasteiger partial charge >= 0.3 is 0 Å². The Labute approximate surface area is 190 Å². The molecule has 32 heavy (non-hydrogen) atoms. The van der Waals surface area contributed by atoms with E-state index in [1.807, 2.05) is 11.8 Å². The lowest BCUT2D eigenvalue weighted by molar-refractivity contribution is 0.0670. The first-order valence-electron chi connectivity index (χ1n) is 10.3. The van der Waals surface area contributed by atoms with Crippen molar-refractivity contribution in [3.8, 4) is 11.5 Å².